The number of rotatable bonds is 6. The Morgan fingerprint density at radius 1 is 1.15 bits per heavy atom. The Hall–Kier alpha value is -2.90. The van der Waals surface area contributed by atoms with E-state index in [-0.39, 0.29) is 19.0 Å². The highest BCUT2D eigenvalue weighted by atomic mass is 32.1. The van der Waals surface area contributed by atoms with Gasteiger partial charge in [-0.3, -0.25) is 0 Å². The monoisotopic (exact) mass is 368 g/mol. The van der Waals surface area contributed by atoms with Gasteiger partial charge in [-0.1, -0.05) is 42.5 Å². The fraction of sp³-hybridized carbons (Fsp3) is 0.158. The van der Waals surface area contributed by atoms with Crippen LogP contribution in [-0.2, 0) is 6.54 Å². The van der Waals surface area contributed by atoms with Crippen LogP contribution in [0.15, 0.2) is 69.2 Å². The molecule has 132 valence electrons. The van der Waals surface area contributed by atoms with E-state index < -0.39 is 11.9 Å². The van der Waals surface area contributed by atoms with E-state index in [1.54, 1.807) is 0 Å². The molecule has 0 saturated heterocycles. The fourth-order valence-electron chi connectivity index (χ4n) is 2.68. The van der Waals surface area contributed by atoms with E-state index in [9.17, 15) is 9.90 Å². The SMILES string of the molecule is O=c1oc(-c2cccs2)nn1CC(O)COc1cccc2ccccc12. The van der Waals surface area contributed by atoms with Crippen LogP contribution in [0.25, 0.3) is 21.5 Å². The molecule has 4 rings (SSSR count). The molecule has 0 bridgehead atoms. The van der Waals surface area contributed by atoms with Crippen molar-refractivity contribution >= 4 is 22.1 Å². The zero-order valence-corrected chi connectivity index (χ0v) is 14.6. The van der Waals surface area contributed by atoms with E-state index in [0.29, 0.717) is 5.75 Å². The summed E-state index contributed by atoms with van der Waals surface area (Å²) in [5.74, 6) is 0.346. The summed E-state index contributed by atoms with van der Waals surface area (Å²) < 4.78 is 12.0. The molecule has 0 radical (unpaired) electrons. The van der Waals surface area contributed by atoms with Crippen LogP contribution in [0, 0.1) is 0 Å². The number of benzene rings is 2. The molecule has 0 saturated carbocycles. The number of aliphatic hydroxyl groups is 1. The summed E-state index contributed by atoms with van der Waals surface area (Å²) in [6.07, 6.45) is -0.895. The average Bonchev–Trinajstić information content (AvgIpc) is 3.30. The minimum absolute atomic E-state index is 0.00151. The van der Waals surface area contributed by atoms with Crippen molar-refractivity contribution in [3.63, 3.8) is 0 Å². The van der Waals surface area contributed by atoms with Crippen molar-refractivity contribution in [3.05, 3.63) is 70.5 Å². The lowest BCUT2D eigenvalue weighted by molar-refractivity contribution is 0.0882. The number of hydrogen-bond donors (Lipinski definition) is 1. The molecule has 4 aromatic rings. The van der Waals surface area contributed by atoms with Crippen molar-refractivity contribution in [2.24, 2.45) is 0 Å². The number of nitrogens with zero attached hydrogens (tertiary/aromatic N) is 2. The first-order chi connectivity index (χ1) is 12.7. The second-order valence-corrected chi connectivity index (χ2v) is 6.72. The van der Waals surface area contributed by atoms with Crippen molar-refractivity contribution in [2.45, 2.75) is 12.6 Å². The second-order valence-electron chi connectivity index (χ2n) is 5.77. The Labute approximate surface area is 152 Å². The van der Waals surface area contributed by atoms with Gasteiger partial charge in [0.05, 0.1) is 11.4 Å². The molecule has 6 nitrogen and oxygen atoms in total. The smallest absolute Gasteiger partial charge is 0.437 e. The highest BCUT2D eigenvalue weighted by Gasteiger charge is 2.15. The van der Waals surface area contributed by atoms with Crippen LogP contribution in [0.5, 0.6) is 5.75 Å². The molecular weight excluding hydrogens is 352 g/mol. The molecule has 7 heteroatoms. The maximum absolute atomic E-state index is 11.9. The van der Waals surface area contributed by atoms with Gasteiger partial charge in [-0.15, -0.1) is 16.4 Å². The maximum atomic E-state index is 11.9. The van der Waals surface area contributed by atoms with Crippen LogP contribution < -0.4 is 10.5 Å². The average molecular weight is 368 g/mol. The van der Waals surface area contributed by atoms with E-state index in [1.165, 1.54) is 11.3 Å². The maximum Gasteiger partial charge on any atom is 0.437 e. The first-order valence-electron chi connectivity index (χ1n) is 8.11. The van der Waals surface area contributed by atoms with Crippen molar-refractivity contribution in [3.8, 4) is 16.5 Å². The molecule has 0 spiro atoms. The highest BCUT2D eigenvalue weighted by Crippen LogP contribution is 2.25. The molecule has 2 aromatic heterocycles. The van der Waals surface area contributed by atoms with E-state index in [4.69, 9.17) is 9.15 Å². The summed E-state index contributed by atoms with van der Waals surface area (Å²) in [6.45, 7) is 0.0418. The van der Waals surface area contributed by atoms with Crippen molar-refractivity contribution in [2.75, 3.05) is 6.61 Å². The van der Waals surface area contributed by atoms with Gasteiger partial charge in [-0.05, 0) is 22.9 Å². The summed E-state index contributed by atoms with van der Waals surface area (Å²) in [4.78, 5) is 12.7. The molecule has 1 N–H and O–H groups in total. The molecule has 2 heterocycles. The molecule has 0 fully saturated rings. The predicted octanol–water partition coefficient (Wildman–Crippen LogP) is 3.16. The molecular formula is C19H16N2O4S. The van der Waals surface area contributed by atoms with Crippen LogP contribution in [0.3, 0.4) is 0 Å². The van der Waals surface area contributed by atoms with Gasteiger partial charge < -0.3 is 14.3 Å². The molecule has 2 aromatic carbocycles. The van der Waals surface area contributed by atoms with Gasteiger partial charge in [0, 0.05) is 5.39 Å². The molecule has 0 aliphatic carbocycles. The summed E-state index contributed by atoms with van der Waals surface area (Å²) in [7, 11) is 0. The van der Waals surface area contributed by atoms with Crippen molar-refractivity contribution in [1.82, 2.24) is 9.78 Å². The number of thiophene rings is 1. The topological polar surface area (TPSA) is 77.5 Å². The molecule has 1 unspecified atom stereocenters. The highest BCUT2D eigenvalue weighted by molar-refractivity contribution is 7.13. The van der Waals surface area contributed by atoms with Crippen LogP contribution in [0.1, 0.15) is 0 Å². The summed E-state index contributed by atoms with van der Waals surface area (Å²) in [6, 6.07) is 17.3. The number of aliphatic hydroxyl groups excluding tert-OH is 1. The lowest BCUT2D eigenvalue weighted by Gasteiger charge is -2.13. The standard InChI is InChI=1S/C19H16N2O4S/c22-14(11-21-19(23)25-18(20-21)17-9-4-10-26-17)12-24-16-8-3-6-13-5-1-2-7-15(13)16/h1-10,14,22H,11-12H2. The minimum Gasteiger partial charge on any atom is -0.490 e. The fourth-order valence-corrected chi connectivity index (χ4v) is 3.33. The zero-order chi connectivity index (χ0) is 17.9. The van der Waals surface area contributed by atoms with E-state index >= 15 is 0 Å². The molecule has 0 aliphatic rings. The lowest BCUT2D eigenvalue weighted by atomic mass is 10.1. The summed E-state index contributed by atoms with van der Waals surface area (Å²) in [5.41, 5.74) is 0. The Bertz CT molecular complexity index is 1060. The largest absolute Gasteiger partial charge is 0.490 e. The van der Waals surface area contributed by atoms with Gasteiger partial charge in [-0.25, -0.2) is 4.79 Å². The summed E-state index contributed by atoms with van der Waals surface area (Å²) in [5, 5.41) is 18.3. The third-order valence-electron chi connectivity index (χ3n) is 3.90. The summed E-state index contributed by atoms with van der Waals surface area (Å²) >= 11 is 1.43. The minimum atomic E-state index is -0.895. The Balaban J connectivity index is 1.44. The number of ether oxygens (including phenoxy) is 1. The second kappa shape index (κ2) is 7.15. The number of hydrogen-bond acceptors (Lipinski definition) is 6. The van der Waals surface area contributed by atoms with Gasteiger partial charge in [-0.2, -0.15) is 4.68 Å². The molecule has 0 amide bonds. The number of fused-ring (bicyclic) bond motifs is 1. The molecule has 1 atom stereocenters. The quantitative estimate of drug-likeness (QED) is 0.566. The van der Waals surface area contributed by atoms with Gasteiger partial charge in [0.15, 0.2) is 0 Å². The number of aromatic nitrogens is 2. The first kappa shape index (κ1) is 16.6. The Morgan fingerprint density at radius 2 is 2.00 bits per heavy atom. The van der Waals surface area contributed by atoms with Gasteiger partial charge in [0.25, 0.3) is 5.89 Å². The Kier molecular flexibility index (Phi) is 4.55. The van der Waals surface area contributed by atoms with E-state index in [1.807, 2.05) is 60.0 Å². The van der Waals surface area contributed by atoms with Crippen LogP contribution >= 0.6 is 11.3 Å². The molecule has 0 aliphatic heterocycles. The predicted molar refractivity (Wildman–Crippen MR) is 99.5 cm³/mol. The first-order valence-corrected chi connectivity index (χ1v) is 8.99. The van der Waals surface area contributed by atoms with Crippen LogP contribution in [-0.4, -0.2) is 27.6 Å². The third kappa shape index (κ3) is 3.40. The van der Waals surface area contributed by atoms with E-state index in [0.717, 1.165) is 20.3 Å². The van der Waals surface area contributed by atoms with Crippen molar-refractivity contribution in [1.29, 1.82) is 0 Å². The van der Waals surface area contributed by atoms with Crippen molar-refractivity contribution < 1.29 is 14.3 Å². The molecule has 26 heavy (non-hydrogen) atoms. The lowest BCUT2D eigenvalue weighted by Crippen LogP contribution is -2.29. The zero-order valence-electron chi connectivity index (χ0n) is 13.7. The van der Waals surface area contributed by atoms with Gasteiger partial charge in [0.2, 0.25) is 0 Å². The third-order valence-corrected chi connectivity index (χ3v) is 4.76. The van der Waals surface area contributed by atoms with Gasteiger partial charge >= 0.3 is 5.76 Å². The van der Waals surface area contributed by atoms with Crippen LogP contribution in [0.2, 0.25) is 0 Å². The normalized spacial score (nSPS) is 12.3. The van der Waals surface area contributed by atoms with E-state index in [2.05, 4.69) is 5.10 Å². The van der Waals surface area contributed by atoms with Gasteiger partial charge in [0.1, 0.15) is 18.5 Å². The Morgan fingerprint density at radius 3 is 2.85 bits per heavy atom. The van der Waals surface area contributed by atoms with Crippen LogP contribution in [0.4, 0.5) is 0 Å².